The quantitative estimate of drug-likeness (QED) is 0.662. The maximum Gasteiger partial charge on any atom is 0.222 e. The molecule has 0 aliphatic heterocycles. The van der Waals surface area contributed by atoms with Gasteiger partial charge in [-0.3, -0.25) is 4.79 Å². The van der Waals surface area contributed by atoms with Gasteiger partial charge in [0.25, 0.3) is 0 Å². The molecule has 0 spiro atoms. The SMILES string of the molecule is CNCCN(C)C(=O)CC1(CN)CCC1. The Hall–Kier alpha value is -0.610. The normalized spacial score (nSPS) is 18.3. The van der Waals surface area contributed by atoms with Crippen LogP contribution in [0.25, 0.3) is 0 Å². The molecule has 0 bridgehead atoms. The minimum absolute atomic E-state index is 0.130. The first kappa shape index (κ1) is 12.5. The highest BCUT2D eigenvalue weighted by molar-refractivity contribution is 5.76. The number of carbonyl (C=O) groups excluding carboxylic acids is 1. The van der Waals surface area contributed by atoms with Crippen LogP contribution in [0.3, 0.4) is 0 Å². The van der Waals surface area contributed by atoms with E-state index in [0.717, 1.165) is 25.9 Å². The summed E-state index contributed by atoms with van der Waals surface area (Å²) >= 11 is 0. The van der Waals surface area contributed by atoms with E-state index in [4.69, 9.17) is 5.73 Å². The van der Waals surface area contributed by atoms with Gasteiger partial charge in [0, 0.05) is 26.6 Å². The number of likely N-dealkylation sites (N-methyl/N-ethyl adjacent to an activating group) is 2. The highest BCUT2D eigenvalue weighted by Gasteiger charge is 2.38. The zero-order chi connectivity index (χ0) is 11.3. The minimum Gasteiger partial charge on any atom is -0.344 e. The first-order valence-electron chi connectivity index (χ1n) is 5.72. The molecule has 0 unspecified atom stereocenters. The van der Waals surface area contributed by atoms with Crippen molar-refractivity contribution in [3.8, 4) is 0 Å². The Morgan fingerprint density at radius 2 is 2.20 bits per heavy atom. The smallest absolute Gasteiger partial charge is 0.222 e. The molecule has 4 nitrogen and oxygen atoms in total. The van der Waals surface area contributed by atoms with Gasteiger partial charge in [0.15, 0.2) is 0 Å². The molecule has 0 heterocycles. The molecule has 0 aromatic carbocycles. The second kappa shape index (κ2) is 5.47. The van der Waals surface area contributed by atoms with E-state index in [1.54, 1.807) is 4.90 Å². The molecule has 1 amide bonds. The maximum atomic E-state index is 11.9. The summed E-state index contributed by atoms with van der Waals surface area (Å²) in [6.45, 7) is 2.27. The lowest BCUT2D eigenvalue weighted by Crippen LogP contribution is -2.43. The fraction of sp³-hybridized carbons (Fsp3) is 0.909. The molecule has 1 fully saturated rings. The Balaban J connectivity index is 2.33. The first-order valence-corrected chi connectivity index (χ1v) is 5.72. The molecule has 0 aromatic rings. The summed E-state index contributed by atoms with van der Waals surface area (Å²) in [6.07, 6.45) is 4.10. The van der Waals surface area contributed by atoms with E-state index in [1.165, 1.54) is 6.42 Å². The van der Waals surface area contributed by atoms with Gasteiger partial charge in [-0.25, -0.2) is 0 Å². The van der Waals surface area contributed by atoms with Crippen molar-refractivity contribution in [3.63, 3.8) is 0 Å². The van der Waals surface area contributed by atoms with Crippen molar-refractivity contribution < 1.29 is 4.79 Å². The Morgan fingerprint density at radius 3 is 2.60 bits per heavy atom. The molecule has 4 heteroatoms. The van der Waals surface area contributed by atoms with E-state index < -0.39 is 0 Å². The van der Waals surface area contributed by atoms with Crippen molar-refractivity contribution in [1.29, 1.82) is 0 Å². The fourth-order valence-electron chi connectivity index (χ4n) is 1.99. The number of amides is 1. The topological polar surface area (TPSA) is 58.4 Å². The van der Waals surface area contributed by atoms with Crippen molar-refractivity contribution in [2.24, 2.45) is 11.1 Å². The van der Waals surface area contributed by atoms with E-state index in [1.807, 2.05) is 14.1 Å². The first-order chi connectivity index (χ1) is 7.13. The third kappa shape index (κ3) is 3.18. The van der Waals surface area contributed by atoms with Crippen molar-refractivity contribution in [2.45, 2.75) is 25.7 Å². The van der Waals surface area contributed by atoms with Crippen molar-refractivity contribution >= 4 is 5.91 Å². The van der Waals surface area contributed by atoms with Gasteiger partial charge in [0.1, 0.15) is 0 Å². The van der Waals surface area contributed by atoms with Gasteiger partial charge >= 0.3 is 0 Å². The van der Waals surface area contributed by atoms with E-state index in [9.17, 15) is 4.79 Å². The average Bonchev–Trinajstić information content (AvgIpc) is 2.19. The van der Waals surface area contributed by atoms with Crippen LogP contribution in [0.5, 0.6) is 0 Å². The second-order valence-electron chi connectivity index (χ2n) is 4.65. The van der Waals surface area contributed by atoms with E-state index in [2.05, 4.69) is 5.32 Å². The van der Waals surface area contributed by atoms with Crippen LogP contribution in [0, 0.1) is 5.41 Å². The van der Waals surface area contributed by atoms with Crippen LogP contribution in [0.2, 0.25) is 0 Å². The largest absolute Gasteiger partial charge is 0.344 e. The lowest BCUT2D eigenvalue weighted by molar-refractivity contribution is -0.133. The molecule has 0 saturated heterocycles. The minimum atomic E-state index is 0.130. The standard InChI is InChI=1S/C11H23N3O/c1-13-6-7-14(2)10(15)8-11(9-12)4-3-5-11/h13H,3-9,12H2,1-2H3. The summed E-state index contributed by atoms with van der Waals surface area (Å²) in [6, 6.07) is 0. The Morgan fingerprint density at radius 1 is 1.53 bits per heavy atom. The highest BCUT2D eigenvalue weighted by atomic mass is 16.2. The average molecular weight is 213 g/mol. The lowest BCUT2D eigenvalue weighted by Gasteiger charge is -2.41. The van der Waals surface area contributed by atoms with Crippen LogP contribution in [-0.2, 0) is 4.79 Å². The van der Waals surface area contributed by atoms with Crippen molar-refractivity contribution in [1.82, 2.24) is 10.2 Å². The third-order valence-corrected chi connectivity index (χ3v) is 3.50. The lowest BCUT2D eigenvalue weighted by atomic mass is 9.66. The molecule has 1 rings (SSSR count). The van der Waals surface area contributed by atoms with E-state index >= 15 is 0 Å². The Bertz CT molecular complexity index is 208. The number of nitrogens with one attached hydrogen (secondary N) is 1. The van der Waals surface area contributed by atoms with Gasteiger partial charge in [-0.2, -0.15) is 0 Å². The van der Waals surface area contributed by atoms with Crippen LogP contribution in [0.1, 0.15) is 25.7 Å². The van der Waals surface area contributed by atoms with Gasteiger partial charge in [-0.15, -0.1) is 0 Å². The summed E-state index contributed by atoms with van der Waals surface area (Å²) in [7, 11) is 3.76. The van der Waals surface area contributed by atoms with Crippen molar-refractivity contribution in [3.05, 3.63) is 0 Å². The Kier molecular flexibility index (Phi) is 4.54. The van der Waals surface area contributed by atoms with Crippen LogP contribution >= 0.6 is 0 Å². The van der Waals surface area contributed by atoms with Gasteiger partial charge in [0.05, 0.1) is 0 Å². The molecule has 3 N–H and O–H groups in total. The monoisotopic (exact) mass is 213 g/mol. The number of hydrogen-bond donors (Lipinski definition) is 2. The van der Waals surface area contributed by atoms with Gasteiger partial charge in [-0.1, -0.05) is 6.42 Å². The van der Waals surface area contributed by atoms with Gasteiger partial charge in [0.2, 0.25) is 5.91 Å². The van der Waals surface area contributed by atoms with E-state index in [-0.39, 0.29) is 11.3 Å². The maximum absolute atomic E-state index is 11.9. The predicted molar refractivity (Wildman–Crippen MR) is 61.5 cm³/mol. The van der Waals surface area contributed by atoms with Gasteiger partial charge in [-0.05, 0) is 31.8 Å². The van der Waals surface area contributed by atoms with Crippen LogP contribution in [0.4, 0.5) is 0 Å². The number of hydrogen-bond acceptors (Lipinski definition) is 3. The molecule has 0 atom stereocenters. The fourth-order valence-corrected chi connectivity index (χ4v) is 1.99. The third-order valence-electron chi connectivity index (χ3n) is 3.50. The molecule has 88 valence electrons. The molecule has 0 aromatic heterocycles. The number of nitrogens with two attached hydrogens (primary N) is 1. The summed E-state index contributed by atoms with van der Waals surface area (Å²) in [4.78, 5) is 13.7. The highest BCUT2D eigenvalue weighted by Crippen LogP contribution is 2.43. The second-order valence-corrected chi connectivity index (χ2v) is 4.65. The van der Waals surface area contributed by atoms with Crippen LogP contribution in [0.15, 0.2) is 0 Å². The summed E-state index contributed by atoms with van der Waals surface area (Å²) in [5.74, 6) is 0.232. The van der Waals surface area contributed by atoms with E-state index in [0.29, 0.717) is 13.0 Å². The Labute approximate surface area is 92.2 Å². The van der Waals surface area contributed by atoms with Crippen LogP contribution in [-0.4, -0.2) is 44.5 Å². The number of rotatable bonds is 6. The summed E-state index contributed by atoms with van der Waals surface area (Å²) < 4.78 is 0. The molecular weight excluding hydrogens is 190 g/mol. The summed E-state index contributed by atoms with van der Waals surface area (Å²) in [5, 5.41) is 3.04. The van der Waals surface area contributed by atoms with Crippen molar-refractivity contribution in [2.75, 3.05) is 33.7 Å². The van der Waals surface area contributed by atoms with Crippen LogP contribution < -0.4 is 11.1 Å². The zero-order valence-corrected chi connectivity index (χ0v) is 9.88. The molecule has 1 aliphatic carbocycles. The zero-order valence-electron chi connectivity index (χ0n) is 9.88. The molecule has 15 heavy (non-hydrogen) atoms. The predicted octanol–water partition coefficient (Wildman–Crippen LogP) is 0.183. The molecule has 1 aliphatic rings. The summed E-state index contributed by atoms with van der Waals surface area (Å²) in [5.41, 5.74) is 5.86. The number of nitrogens with zero attached hydrogens (tertiary/aromatic N) is 1. The molecule has 0 radical (unpaired) electrons. The van der Waals surface area contributed by atoms with Gasteiger partial charge < -0.3 is 16.0 Å². The molecular formula is C11H23N3O. The number of carbonyl (C=O) groups is 1. The molecule has 1 saturated carbocycles.